The lowest BCUT2D eigenvalue weighted by Crippen LogP contribution is -2.45. The number of rotatable bonds is 5. The number of amides is 1. The number of alkyl halides is 2. The van der Waals surface area contributed by atoms with E-state index in [2.05, 4.69) is 30.7 Å². The summed E-state index contributed by atoms with van der Waals surface area (Å²) >= 11 is 0. The zero-order chi connectivity index (χ0) is 22.4. The number of aromatic nitrogens is 7. The molecule has 0 aliphatic carbocycles. The Hall–Kier alpha value is -3.90. The number of carbonyl (C=O) groups excluding carboxylic acids is 1. The molecule has 1 atom stereocenters. The van der Waals surface area contributed by atoms with Crippen LogP contribution in [-0.4, -0.2) is 71.4 Å². The molecular formula is C19H20F2N10O. The predicted molar refractivity (Wildman–Crippen MR) is 112 cm³/mol. The van der Waals surface area contributed by atoms with Gasteiger partial charge in [0.2, 0.25) is 11.9 Å². The Kier molecular flexibility index (Phi) is 4.79. The second kappa shape index (κ2) is 7.66. The van der Waals surface area contributed by atoms with Crippen LogP contribution in [-0.2, 0) is 11.3 Å². The lowest BCUT2D eigenvalue weighted by molar-refractivity contribution is -0.132. The van der Waals surface area contributed by atoms with E-state index < -0.39 is 19.0 Å². The molecule has 11 nitrogen and oxygen atoms in total. The van der Waals surface area contributed by atoms with Gasteiger partial charge in [-0.3, -0.25) is 4.79 Å². The highest BCUT2D eigenvalue weighted by atomic mass is 19.3. The van der Waals surface area contributed by atoms with Crippen molar-refractivity contribution in [2.24, 2.45) is 0 Å². The molecule has 1 aliphatic heterocycles. The molecule has 166 valence electrons. The number of fused-ring (bicyclic) bond motifs is 2. The van der Waals surface area contributed by atoms with E-state index in [4.69, 9.17) is 5.73 Å². The molecule has 0 saturated carbocycles. The van der Waals surface area contributed by atoms with E-state index in [1.165, 1.54) is 0 Å². The topological polar surface area (TPSA) is 132 Å². The van der Waals surface area contributed by atoms with Gasteiger partial charge >= 0.3 is 0 Å². The second-order valence-corrected chi connectivity index (χ2v) is 7.64. The fraction of sp³-hybridized carbons (Fsp3) is 0.368. The molecule has 3 N–H and O–H groups in total. The number of piperidine rings is 1. The van der Waals surface area contributed by atoms with E-state index in [9.17, 15) is 13.6 Å². The van der Waals surface area contributed by atoms with Crippen LogP contribution in [0.4, 0.5) is 20.5 Å². The quantitative estimate of drug-likeness (QED) is 0.474. The van der Waals surface area contributed by atoms with Crippen molar-refractivity contribution in [3.8, 4) is 11.3 Å². The highest BCUT2D eigenvalue weighted by Crippen LogP contribution is 2.29. The van der Waals surface area contributed by atoms with Gasteiger partial charge in [0.05, 0.1) is 5.69 Å². The number of nitrogens with zero attached hydrogens (tertiary/aromatic N) is 8. The summed E-state index contributed by atoms with van der Waals surface area (Å²) in [6, 6.07) is 4.72. The van der Waals surface area contributed by atoms with Crippen molar-refractivity contribution in [3.05, 3.63) is 24.4 Å². The number of carbonyl (C=O) groups is 1. The average Bonchev–Trinajstić information content (AvgIpc) is 3.35. The van der Waals surface area contributed by atoms with Gasteiger partial charge in [0.1, 0.15) is 23.6 Å². The molecule has 0 unspecified atom stereocenters. The zero-order valence-corrected chi connectivity index (χ0v) is 17.1. The highest BCUT2D eigenvalue weighted by molar-refractivity contribution is 5.89. The summed E-state index contributed by atoms with van der Waals surface area (Å²) in [6.45, 7) is 0.127. The summed E-state index contributed by atoms with van der Waals surface area (Å²) in [6.07, 6.45) is 0.692. The van der Waals surface area contributed by atoms with Crippen molar-refractivity contribution in [2.75, 3.05) is 24.6 Å². The Bertz CT molecular complexity index is 1320. The number of nitrogens with two attached hydrogens (primary N) is 1. The third-order valence-electron chi connectivity index (χ3n) is 5.45. The van der Waals surface area contributed by atoms with Gasteiger partial charge in [0.25, 0.3) is 6.43 Å². The predicted octanol–water partition coefficient (Wildman–Crippen LogP) is 1.42. The number of hydrogen-bond donors (Lipinski definition) is 2. The SMILES string of the molecule is CN1CCC[C@H](Nc2nc(N)c3c(-c4ccc5nnn(CC(F)F)c5n4)ccn3n2)C1=O. The van der Waals surface area contributed by atoms with E-state index in [0.29, 0.717) is 28.7 Å². The van der Waals surface area contributed by atoms with E-state index in [-0.39, 0.29) is 23.3 Å². The molecule has 32 heavy (non-hydrogen) atoms. The van der Waals surface area contributed by atoms with Crippen LogP contribution in [0.3, 0.4) is 0 Å². The molecule has 0 bridgehead atoms. The van der Waals surface area contributed by atoms with Crippen molar-refractivity contribution in [1.29, 1.82) is 0 Å². The Morgan fingerprint density at radius 2 is 2.12 bits per heavy atom. The van der Waals surface area contributed by atoms with E-state index >= 15 is 0 Å². The van der Waals surface area contributed by atoms with Gasteiger partial charge < -0.3 is 16.0 Å². The van der Waals surface area contributed by atoms with Gasteiger partial charge in [-0.25, -0.2) is 23.0 Å². The first-order valence-electron chi connectivity index (χ1n) is 10.1. The minimum atomic E-state index is -2.58. The molecule has 1 fully saturated rings. The maximum Gasteiger partial charge on any atom is 0.258 e. The van der Waals surface area contributed by atoms with Gasteiger partial charge in [0.15, 0.2) is 11.5 Å². The van der Waals surface area contributed by atoms with Crippen molar-refractivity contribution in [2.45, 2.75) is 31.9 Å². The van der Waals surface area contributed by atoms with Crippen LogP contribution in [0.2, 0.25) is 0 Å². The fourth-order valence-corrected chi connectivity index (χ4v) is 3.90. The maximum atomic E-state index is 12.8. The summed E-state index contributed by atoms with van der Waals surface area (Å²) < 4.78 is 28.3. The van der Waals surface area contributed by atoms with Gasteiger partial charge in [-0.05, 0) is 31.0 Å². The minimum absolute atomic E-state index is 0.0155. The Labute approximate surface area is 180 Å². The van der Waals surface area contributed by atoms with Crippen LogP contribution in [0, 0.1) is 0 Å². The normalized spacial score (nSPS) is 17.1. The molecule has 0 aromatic carbocycles. The molecule has 0 radical (unpaired) electrons. The maximum absolute atomic E-state index is 12.8. The van der Waals surface area contributed by atoms with Crippen LogP contribution in [0.5, 0.6) is 0 Å². The smallest absolute Gasteiger partial charge is 0.258 e. The van der Waals surface area contributed by atoms with E-state index in [0.717, 1.165) is 17.6 Å². The second-order valence-electron chi connectivity index (χ2n) is 7.64. The lowest BCUT2D eigenvalue weighted by Gasteiger charge is -2.29. The molecule has 1 saturated heterocycles. The van der Waals surface area contributed by atoms with Crippen molar-refractivity contribution < 1.29 is 13.6 Å². The summed E-state index contributed by atoms with van der Waals surface area (Å²) in [4.78, 5) is 22.8. The van der Waals surface area contributed by atoms with Crippen LogP contribution in [0.1, 0.15) is 12.8 Å². The van der Waals surface area contributed by atoms with Gasteiger partial charge in [-0.15, -0.1) is 10.2 Å². The molecule has 13 heteroatoms. The van der Waals surface area contributed by atoms with Crippen LogP contribution in [0.15, 0.2) is 24.4 Å². The Balaban J connectivity index is 1.50. The van der Waals surface area contributed by atoms with Crippen molar-refractivity contribution >= 4 is 34.4 Å². The molecule has 5 rings (SSSR count). The average molecular weight is 442 g/mol. The number of hydrogen-bond acceptors (Lipinski definition) is 8. The summed E-state index contributed by atoms with van der Waals surface area (Å²) in [5, 5.41) is 15.1. The largest absolute Gasteiger partial charge is 0.382 e. The fourth-order valence-electron chi connectivity index (χ4n) is 3.90. The summed E-state index contributed by atoms with van der Waals surface area (Å²) in [5.74, 6) is 0.423. The summed E-state index contributed by atoms with van der Waals surface area (Å²) in [5.41, 5.74) is 8.54. The molecule has 1 amide bonds. The monoisotopic (exact) mass is 442 g/mol. The first kappa shape index (κ1) is 20.0. The third kappa shape index (κ3) is 3.44. The number of pyridine rings is 1. The zero-order valence-electron chi connectivity index (χ0n) is 17.1. The van der Waals surface area contributed by atoms with Crippen molar-refractivity contribution in [1.82, 2.24) is 39.5 Å². The van der Waals surface area contributed by atoms with Gasteiger partial charge in [-0.1, -0.05) is 5.21 Å². The van der Waals surface area contributed by atoms with E-state index in [1.54, 1.807) is 40.9 Å². The number of nitrogen functional groups attached to an aromatic ring is 1. The molecule has 4 aromatic heterocycles. The molecule has 0 spiro atoms. The standard InChI is InChI=1S/C19H20F2N10O/c1-29-7-2-3-13(18(29)32)24-19-25-16(22)15-10(6-8-30(15)27-19)11-4-5-12-17(23-11)31(28-26-12)9-14(20)21/h4-6,8,13-14H,2-3,7,9H2,1H3,(H3,22,24,25,27)/t13-/m0/s1. The van der Waals surface area contributed by atoms with Gasteiger partial charge in [0, 0.05) is 25.4 Å². The number of likely N-dealkylation sites (N-methyl/N-ethyl adjacent to an activating group) is 1. The number of likely N-dealkylation sites (tertiary alicyclic amines) is 1. The van der Waals surface area contributed by atoms with Crippen LogP contribution >= 0.6 is 0 Å². The number of anilines is 2. The summed E-state index contributed by atoms with van der Waals surface area (Å²) in [7, 11) is 1.76. The van der Waals surface area contributed by atoms with Crippen LogP contribution in [0.25, 0.3) is 27.9 Å². The number of halogens is 2. The van der Waals surface area contributed by atoms with Gasteiger partial charge in [-0.2, -0.15) is 4.98 Å². The first-order chi connectivity index (χ1) is 15.4. The Morgan fingerprint density at radius 3 is 2.94 bits per heavy atom. The number of nitrogens with one attached hydrogen (secondary N) is 1. The lowest BCUT2D eigenvalue weighted by atomic mass is 10.1. The molecule has 4 aromatic rings. The minimum Gasteiger partial charge on any atom is -0.382 e. The highest BCUT2D eigenvalue weighted by Gasteiger charge is 2.27. The molecule has 5 heterocycles. The van der Waals surface area contributed by atoms with E-state index in [1.807, 2.05) is 0 Å². The van der Waals surface area contributed by atoms with Crippen molar-refractivity contribution in [3.63, 3.8) is 0 Å². The third-order valence-corrected chi connectivity index (χ3v) is 5.45. The molecule has 1 aliphatic rings. The Morgan fingerprint density at radius 1 is 1.28 bits per heavy atom. The van der Waals surface area contributed by atoms with Crippen LogP contribution < -0.4 is 11.1 Å². The first-order valence-corrected chi connectivity index (χ1v) is 10.1. The molecular weight excluding hydrogens is 422 g/mol.